The summed E-state index contributed by atoms with van der Waals surface area (Å²) in [5.74, 6) is -1.23. The highest BCUT2D eigenvalue weighted by Gasteiger charge is 2.34. The SMILES string of the molecule is CCN(CC(=O)O)C1CC(NC(=O)Cc2ccc(F)cc2)C1. The zero-order chi connectivity index (χ0) is 16.1. The predicted octanol–water partition coefficient (Wildman–Crippen LogP) is 1.42. The first-order valence-corrected chi connectivity index (χ1v) is 7.47. The second kappa shape index (κ2) is 7.35. The Morgan fingerprint density at radius 3 is 2.50 bits per heavy atom. The van der Waals surface area contributed by atoms with Crippen molar-refractivity contribution >= 4 is 11.9 Å². The molecule has 2 rings (SSSR count). The van der Waals surface area contributed by atoms with Gasteiger partial charge in [0.1, 0.15) is 5.82 Å². The van der Waals surface area contributed by atoms with Crippen molar-refractivity contribution in [1.82, 2.24) is 10.2 Å². The van der Waals surface area contributed by atoms with Gasteiger partial charge in [-0.2, -0.15) is 0 Å². The van der Waals surface area contributed by atoms with Gasteiger partial charge in [-0.05, 0) is 37.1 Å². The number of carboxylic acid groups (broad SMARTS) is 1. The molecule has 0 aromatic heterocycles. The Bertz CT molecular complexity index is 527. The molecule has 0 atom stereocenters. The molecule has 0 bridgehead atoms. The number of amides is 1. The van der Waals surface area contributed by atoms with Crippen molar-refractivity contribution in [2.45, 2.75) is 38.3 Å². The van der Waals surface area contributed by atoms with E-state index in [1.54, 1.807) is 12.1 Å². The van der Waals surface area contributed by atoms with E-state index in [0.717, 1.165) is 18.4 Å². The minimum absolute atomic E-state index is 0.0391. The van der Waals surface area contributed by atoms with Crippen LogP contribution in [-0.2, 0) is 16.0 Å². The molecule has 1 aromatic carbocycles. The Balaban J connectivity index is 1.73. The normalized spacial score (nSPS) is 20.5. The second-order valence-corrected chi connectivity index (χ2v) is 5.65. The van der Waals surface area contributed by atoms with Crippen molar-refractivity contribution in [2.75, 3.05) is 13.1 Å². The summed E-state index contributed by atoms with van der Waals surface area (Å²) in [5.41, 5.74) is 0.774. The third-order valence-corrected chi connectivity index (χ3v) is 4.02. The number of hydrogen-bond donors (Lipinski definition) is 2. The largest absolute Gasteiger partial charge is 0.480 e. The maximum atomic E-state index is 12.8. The van der Waals surface area contributed by atoms with Crippen LogP contribution in [0, 0.1) is 5.82 Å². The number of halogens is 1. The molecule has 1 amide bonds. The summed E-state index contributed by atoms with van der Waals surface area (Å²) in [7, 11) is 0. The van der Waals surface area contributed by atoms with Gasteiger partial charge in [-0.1, -0.05) is 19.1 Å². The van der Waals surface area contributed by atoms with Crippen LogP contribution in [0.25, 0.3) is 0 Å². The fraction of sp³-hybridized carbons (Fsp3) is 0.500. The number of benzene rings is 1. The van der Waals surface area contributed by atoms with Crippen LogP contribution in [0.1, 0.15) is 25.3 Å². The van der Waals surface area contributed by atoms with Crippen LogP contribution >= 0.6 is 0 Å². The molecular weight excluding hydrogens is 287 g/mol. The van der Waals surface area contributed by atoms with Crippen molar-refractivity contribution < 1.29 is 19.1 Å². The minimum atomic E-state index is -0.828. The molecule has 1 aliphatic carbocycles. The molecule has 0 aliphatic heterocycles. The van der Waals surface area contributed by atoms with Gasteiger partial charge >= 0.3 is 5.97 Å². The van der Waals surface area contributed by atoms with E-state index in [0.29, 0.717) is 6.54 Å². The molecule has 2 N–H and O–H groups in total. The van der Waals surface area contributed by atoms with Crippen LogP contribution in [0.4, 0.5) is 4.39 Å². The number of hydrogen-bond acceptors (Lipinski definition) is 3. The Hall–Kier alpha value is -1.95. The van der Waals surface area contributed by atoms with Crippen LogP contribution in [0.15, 0.2) is 24.3 Å². The van der Waals surface area contributed by atoms with Crippen LogP contribution in [0.5, 0.6) is 0 Å². The molecule has 0 heterocycles. The lowest BCUT2D eigenvalue weighted by Crippen LogP contribution is -2.55. The van der Waals surface area contributed by atoms with Gasteiger partial charge in [0.05, 0.1) is 13.0 Å². The number of carbonyl (C=O) groups is 2. The third-order valence-electron chi connectivity index (χ3n) is 4.02. The molecule has 0 spiro atoms. The van der Waals surface area contributed by atoms with Gasteiger partial charge in [-0.15, -0.1) is 0 Å². The van der Waals surface area contributed by atoms with E-state index >= 15 is 0 Å². The van der Waals surface area contributed by atoms with E-state index in [1.165, 1.54) is 12.1 Å². The van der Waals surface area contributed by atoms with Crippen molar-refractivity contribution in [2.24, 2.45) is 0 Å². The number of carboxylic acids is 1. The Kier molecular flexibility index (Phi) is 5.49. The topological polar surface area (TPSA) is 69.6 Å². The molecule has 22 heavy (non-hydrogen) atoms. The zero-order valence-electron chi connectivity index (χ0n) is 12.6. The number of nitrogens with zero attached hydrogens (tertiary/aromatic N) is 1. The van der Waals surface area contributed by atoms with Gasteiger partial charge in [0.25, 0.3) is 0 Å². The van der Waals surface area contributed by atoms with Crippen LogP contribution in [0.3, 0.4) is 0 Å². The van der Waals surface area contributed by atoms with Gasteiger partial charge in [-0.25, -0.2) is 4.39 Å². The van der Waals surface area contributed by atoms with E-state index < -0.39 is 5.97 Å². The number of likely N-dealkylation sites (N-methyl/N-ethyl adjacent to an activating group) is 1. The lowest BCUT2D eigenvalue weighted by Gasteiger charge is -2.42. The summed E-state index contributed by atoms with van der Waals surface area (Å²) in [6, 6.07) is 6.20. The third kappa shape index (κ3) is 4.53. The monoisotopic (exact) mass is 308 g/mol. The molecule has 1 fully saturated rings. The van der Waals surface area contributed by atoms with Crippen LogP contribution < -0.4 is 5.32 Å². The standard InChI is InChI=1S/C16H21FN2O3/c1-2-19(10-16(21)22)14-8-13(9-14)18-15(20)7-11-3-5-12(17)6-4-11/h3-6,13-14H,2,7-10H2,1H3,(H,18,20)(H,21,22). The summed E-state index contributed by atoms with van der Waals surface area (Å²) < 4.78 is 12.8. The fourth-order valence-corrected chi connectivity index (χ4v) is 2.74. The lowest BCUT2D eigenvalue weighted by molar-refractivity contribution is -0.139. The summed E-state index contributed by atoms with van der Waals surface area (Å²) >= 11 is 0. The number of carbonyl (C=O) groups excluding carboxylic acids is 1. The maximum Gasteiger partial charge on any atom is 0.317 e. The quantitative estimate of drug-likeness (QED) is 0.799. The molecule has 0 unspecified atom stereocenters. The maximum absolute atomic E-state index is 12.8. The van der Waals surface area contributed by atoms with E-state index in [2.05, 4.69) is 5.32 Å². The summed E-state index contributed by atoms with van der Waals surface area (Å²) in [6.07, 6.45) is 1.78. The minimum Gasteiger partial charge on any atom is -0.480 e. The number of rotatable bonds is 7. The average molecular weight is 308 g/mol. The highest BCUT2D eigenvalue weighted by atomic mass is 19.1. The van der Waals surface area contributed by atoms with Crippen molar-refractivity contribution in [3.63, 3.8) is 0 Å². The Labute approximate surface area is 129 Å². The van der Waals surface area contributed by atoms with Gasteiger partial charge < -0.3 is 10.4 Å². The highest BCUT2D eigenvalue weighted by Crippen LogP contribution is 2.25. The molecule has 1 aliphatic rings. The number of aliphatic carboxylic acids is 1. The Morgan fingerprint density at radius 1 is 1.32 bits per heavy atom. The summed E-state index contributed by atoms with van der Waals surface area (Å²) in [6.45, 7) is 2.66. The van der Waals surface area contributed by atoms with E-state index in [4.69, 9.17) is 5.11 Å². The van der Waals surface area contributed by atoms with Gasteiger partial charge in [0.15, 0.2) is 0 Å². The number of nitrogens with one attached hydrogen (secondary N) is 1. The smallest absolute Gasteiger partial charge is 0.317 e. The fourth-order valence-electron chi connectivity index (χ4n) is 2.74. The summed E-state index contributed by atoms with van der Waals surface area (Å²) in [5, 5.41) is 11.8. The molecule has 1 aromatic rings. The zero-order valence-corrected chi connectivity index (χ0v) is 12.6. The van der Waals surface area contributed by atoms with Crippen molar-refractivity contribution in [3.05, 3.63) is 35.6 Å². The van der Waals surface area contributed by atoms with Crippen LogP contribution in [-0.4, -0.2) is 47.1 Å². The van der Waals surface area contributed by atoms with Gasteiger partial charge in [-0.3, -0.25) is 14.5 Å². The van der Waals surface area contributed by atoms with E-state index in [-0.39, 0.29) is 36.8 Å². The molecular formula is C16H21FN2O3. The lowest BCUT2D eigenvalue weighted by atomic mass is 9.85. The van der Waals surface area contributed by atoms with Gasteiger partial charge in [0.2, 0.25) is 5.91 Å². The first-order valence-electron chi connectivity index (χ1n) is 7.47. The average Bonchev–Trinajstić information content (AvgIpc) is 2.42. The molecule has 6 heteroatoms. The molecule has 0 radical (unpaired) electrons. The first kappa shape index (κ1) is 16.4. The van der Waals surface area contributed by atoms with Gasteiger partial charge in [0, 0.05) is 12.1 Å². The molecule has 0 saturated heterocycles. The summed E-state index contributed by atoms with van der Waals surface area (Å²) in [4.78, 5) is 24.6. The molecule has 1 saturated carbocycles. The predicted molar refractivity (Wildman–Crippen MR) is 79.9 cm³/mol. The Morgan fingerprint density at radius 2 is 1.95 bits per heavy atom. The second-order valence-electron chi connectivity index (χ2n) is 5.65. The van der Waals surface area contributed by atoms with Crippen molar-refractivity contribution in [3.8, 4) is 0 Å². The van der Waals surface area contributed by atoms with E-state index in [1.807, 2.05) is 11.8 Å². The van der Waals surface area contributed by atoms with Crippen molar-refractivity contribution in [1.29, 1.82) is 0 Å². The van der Waals surface area contributed by atoms with Crippen LogP contribution in [0.2, 0.25) is 0 Å². The van der Waals surface area contributed by atoms with E-state index in [9.17, 15) is 14.0 Å². The molecule has 5 nitrogen and oxygen atoms in total. The first-order chi connectivity index (χ1) is 10.5. The highest BCUT2D eigenvalue weighted by molar-refractivity contribution is 5.79. The molecule has 120 valence electrons.